The van der Waals surface area contributed by atoms with Gasteiger partial charge in [0.15, 0.2) is 0 Å². The van der Waals surface area contributed by atoms with Gasteiger partial charge in [0, 0.05) is 25.7 Å². The molecule has 1 amide bonds. The molecule has 1 atom stereocenters. The number of nitrogens with zero attached hydrogens (tertiary/aromatic N) is 1. The Morgan fingerprint density at radius 1 is 1.25 bits per heavy atom. The maximum atomic E-state index is 12.2. The van der Waals surface area contributed by atoms with Crippen molar-refractivity contribution in [3.63, 3.8) is 0 Å². The van der Waals surface area contributed by atoms with Crippen LogP contribution in [-0.4, -0.2) is 61.4 Å². The first-order valence-electron chi connectivity index (χ1n) is 8.00. The van der Waals surface area contributed by atoms with Gasteiger partial charge in [-0.15, -0.1) is 0 Å². The fourth-order valence-electron chi connectivity index (χ4n) is 3.32. The number of aliphatic hydroxyl groups is 1. The van der Waals surface area contributed by atoms with E-state index in [2.05, 4.69) is 10.2 Å². The average Bonchev–Trinajstić information content (AvgIpc) is 2.49. The van der Waals surface area contributed by atoms with Crippen LogP contribution in [0.15, 0.2) is 0 Å². The summed E-state index contributed by atoms with van der Waals surface area (Å²) >= 11 is 0. The summed E-state index contributed by atoms with van der Waals surface area (Å²) in [6.07, 6.45) is 6.87. The van der Waals surface area contributed by atoms with Crippen LogP contribution in [0, 0.1) is 5.92 Å². The van der Waals surface area contributed by atoms with E-state index in [9.17, 15) is 9.90 Å². The molecule has 116 valence electrons. The first-order valence-corrected chi connectivity index (χ1v) is 8.00. The van der Waals surface area contributed by atoms with Gasteiger partial charge in [-0.1, -0.05) is 19.3 Å². The maximum Gasteiger partial charge on any atom is 0.234 e. The minimum absolute atomic E-state index is 0.0934. The van der Waals surface area contributed by atoms with E-state index in [0.717, 1.165) is 26.3 Å². The smallest absolute Gasteiger partial charge is 0.234 e. The van der Waals surface area contributed by atoms with Gasteiger partial charge in [0.1, 0.15) is 0 Å². The number of rotatable bonds is 6. The van der Waals surface area contributed by atoms with Crippen molar-refractivity contribution in [2.75, 3.05) is 39.5 Å². The van der Waals surface area contributed by atoms with Crippen molar-refractivity contribution < 1.29 is 14.6 Å². The predicted molar refractivity (Wildman–Crippen MR) is 77.5 cm³/mol. The van der Waals surface area contributed by atoms with Crippen molar-refractivity contribution in [1.82, 2.24) is 10.2 Å². The second-order valence-electron chi connectivity index (χ2n) is 5.97. The molecule has 1 saturated heterocycles. The molecule has 5 nitrogen and oxygen atoms in total. The molecule has 1 saturated carbocycles. The van der Waals surface area contributed by atoms with Crippen LogP contribution in [0.4, 0.5) is 0 Å². The van der Waals surface area contributed by atoms with E-state index in [1.165, 1.54) is 32.1 Å². The number of carbonyl (C=O) groups excluding carboxylic acids is 1. The van der Waals surface area contributed by atoms with E-state index in [4.69, 9.17) is 4.74 Å². The van der Waals surface area contributed by atoms with E-state index in [-0.39, 0.29) is 18.6 Å². The first kappa shape index (κ1) is 15.7. The summed E-state index contributed by atoms with van der Waals surface area (Å²) in [4.78, 5) is 14.3. The van der Waals surface area contributed by atoms with Gasteiger partial charge in [0.25, 0.3) is 0 Å². The first-order chi connectivity index (χ1) is 9.79. The average molecular weight is 284 g/mol. The second kappa shape index (κ2) is 8.60. The normalized spacial score (nSPS) is 23.4. The molecule has 2 N–H and O–H groups in total. The standard InChI is InChI=1S/C15H28N2O3/c18-9-6-14(13-4-2-1-3-5-13)16-15(19)12-17-7-10-20-11-8-17/h13-14,18H,1-12H2,(H,16,19). The molecular weight excluding hydrogens is 256 g/mol. The fourth-order valence-corrected chi connectivity index (χ4v) is 3.32. The van der Waals surface area contributed by atoms with Crippen LogP contribution in [0.1, 0.15) is 38.5 Å². The van der Waals surface area contributed by atoms with Gasteiger partial charge in [0.05, 0.1) is 19.8 Å². The SMILES string of the molecule is O=C(CN1CCOCC1)NC(CCO)C1CCCCC1. The maximum absolute atomic E-state index is 12.2. The van der Waals surface area contributed by atoms with Crippen LogP contribution >= 0.6 is 0 Å². The van der Waals surface area contributed by atoms with E-state index in [1.54, 1.807) is 0 Å². The summed E-state index contributed by atoms with van der Waals surface area (Å²) in [7, 11) is 0. The number of morpholine rings is 1. The summed E-state index contributed by atoms with van der Waals surface area (Å²) in [6.45, 7) is 3.71. The predicted octanol–water partition coefficient (Wildman–Crippen LogP) is 0.766. The molecule has 1 aliphatic carbocycles. The molecule has 0 aromatic heterocycles. The molecular formula is C15H28N2O3. The Hall–Kier alpha value is -0.650. The number of ether oxygens (including phenoxy) is 1. The molecule has 0 spiro atoms. The summed E-state index contributed by atoms with van der Waals surface area (Å²) in [5, 5.41) is 12.4. The van der Waals surface area contributed by atoms with Crippen LogP contribution in [0.25, 0.3) is 0 Å². The largest absolute Gasteiger partial charge is 0.396 e. The highest BCUT2D eigenvalue weighted by Crippen LogP contribution is 2.27. The Labute approximate surface area is 121 Å². The lowest BCUT2D eigenvalue weighted by atomic mass is 9.82. The van der Waals surface area contributed by atoms with Gasteiger partial charge in [-0.2, -0.15) is 0 Å². The lowest BCUT2D eigenvalue weighted by Crippen LogP contribution is -2.48. The van der Waals surface area contributed by atoms with Gasteiger partial charge in [-0.05, 0) is 25.2 Å². The van der Waals surface area contributed by atoms with Crippen molar-refractivity contribution >= 4 is 5.91 Å². The topological polar surface area (TPSA) is 61.8 Å². The van der Waals surface area contributed by atoms with Gasteiger partial charge in [-0.3, -0.25) is 9.69 Å². The van der Waals surface area contributed by atoms with Crippen molar-refractivity contribution in [2.45, 2.75) is 44.6 Å². The van der Waals surface area contributed by atoms with Crippen molar-refractivity contribution in [1.29, 1.82) is 0 Å². The van der Waals surface area contributed by atoms with Crippen LogP contribution in [0.2, 0.25) is 0 Å². The zero-order chi connectivity index (χ0) is 14.2. The quantitative estimate of drug-likeness (QED) is 0.756. The molecule has 0 bridgehead atoms. The number of carbonyl (C=O) groups is 1. The summed E-state index contributed by atoms with van der Waals surface area (Å²) < 4.78 is 5.29. The van der Waals surface area contributed by atoms with Crippen LogP contribution < -0.4 is 5.32 Å². The Balaban J connectivity index is 1.78. The molecule has 2 aliphatic rings. The van der Waals surface area contributed by atoms with Gasteiger partial charge >= 0.3 is 0 Å². The van der Waals surface area contributed by atoms with E-state index < -0.39 is 0 Å². The number of aliphatic hydroxyl groups excluding tert-OH is 1. The molecule has 1 aliphatic heterocycles. The zero-order valence-corrected chi connectivity index (χ0v) is 12.4. The number of nitrogens with one attached hydrogen (secondary N) is 1. The Bertz CT molecular complexity index is 287. The molecule has 0 aromatic rings. The minimum Gasteiger partial charge on any atom is -0.396 e. The lowest BCUT2D eigenvalue weighted by molar-refractivity contribution is -0.124. The molecule has 2 rings (SSSR count). The second-order valence-corrected chi connectivity index (χ2v) is 5.97. The van der Waals surface area contributed by atoms with E-state index in [1.807, 2.05) is 0 Å². The fraction of sp³-hybridized carbons (Fsp3) is 0.933. The van der Waals surface area contributed by atoms with Crippen molar-refractivity contribution in [3.05, 3.63) is 0 Å². The van der Waals surface area contributed by atoms with Crippen LogP contribution in [0.3, 0.4) is 0 Å². The zero-order valence-electron chi connectivity index (χ0n) is 12.4. The van der Waals surface area contributed by atoms with E-state index >= 15 is 0 Å². The molecule has 5 heteroatoms. The molecule has 2 fully saturated rings. The van der Waals surface area contributed by atoms with Gasteiger partial charge < -0.3 is 15.2 Å². The molecule has 0 aromatic carbocycles. The summed E-state index contributed by atoms with van der Waals surface area (Å²) in [5.74, 6) is 0.639. The Morgan fingerprint density at radius 2 is 1.95 bits per heavy atom. The third-order valence-corrected chi connectivity index (χ3v) is 4.48. The molecule has 0 radical (unpaired) electrons. The third-order valence-electron chi connectivity index (χ3n) is 4.48. The number of amides is 1. The number of hydrogen-bond acceptors (Lipinski definition) is 4. The van der Waals surface area contributed by atoms with Gasteiger partial charge in [0.2, 0.25) is 5.91 Å². The highest BCUT2D eigenvalue weighted by atomic mass is 16.5. The van der Waals surface area contributed by atoms with Gasteiger partial charge in [-0.25, -0.2) is 0 Å². The van der Waals surface area contributed by atoms with Crippen LogP contribution in [0.5, 0.6) is 0 Å². The number of hydrogen-bond donors (Lipinski definition) is 2. The Kier molecular flexibility index (Phi) is 6.76. The molecule has 20 heavy (non-hydrogen) atoms. The van der Waals surface area contributed by atoms with Crippen molar-refractivity contribution in [2.24, 2.45) is 5.92 Å². The van der Waals surface area contributed by atoms with Crippen molar-refractivity contribution in [3.8, 4) is 0 Å². The third kappa shape index (κ3) is 5.04. The van der Waals surface area contributed by atoms with E-state index in [0.29, 0.717) is 18.9 Å². The minimum atomic E-state index is 0.0934. The Morgan fingerprint density at radius 3 is 2.60 bits per heavy atom. The van der Waals surface area contributed by atoms with Crippen LogP contribution in [-0.2, 0) is 9.53 Å². The summed E-state index contributed by atoms with van der Waals surface area (Å²) in [5.41, 5.74) is 0. The summed E-state index contributed by atoms with van der Waals surface area (Å²) in [6, 6.07) is 0.147. The lowest BCUT2D eigenvalue weighted by Gasteiger charge is -2.32. The molecule has 1 unspecified atom stereocenters. The highest BCUT2D eigenvalue weighted by Gasteiger charge is 2.25. The monoisotopic (exact) mass is 284 g/mol. The molecule has 1 heterocycles. The highest BCUT2D eigenvalue weighted by molar-refractivity contribution is 5.78.